The number of carbonyl (C=O) groups is 3. The largest absolute Gasteiger partial charge is 0.497 e. The Kier molecular flexibility index (Phi) is 9.32. The van der Waals surface area contributed by atoms with Gasteiger partial charge in [0.25, 0.3) is 5.91 Å². The molecule has 44 heavy (non-hydrogen) atoms. The smallest absolute Gasteiger partial charge is 0.414 e. The first-order valence-corrected chi connectivity index (χ1v) is 14.6. The number of hydrogen-bond donors (Lipinski definition) is 2. The lowest BCUT2D eigenvalue weighted by molar-refractivity contribution is -0.139. The molecule has 0 saturated carbocycles. The van der Waals surface area contributed by atoms with Gasteiger partial charge in [0.15, 0.2) is 5.60 Å². The fourth-order valence-corrected chi connectivity index (χ4v) is 5.66. The van der Waals surface area contributed by atoms with Crippen molar-refractivity contribution in [1.29, 1.82) is 0 Å². The molecule has 3 aromatic rings. The molecular weight excluding hydrogens is 562 g/mol. The van der Waals surface area contributed by atoms with Crippen molar-refractivity contribution in [2.75, 3.05) is 43.2 Å². The summed E-state index contributed by atoms with van der Waals surface area (Å²) in [5, 5.41) is 21.5. The minimum Gasteiger partial charge on any atom is -0.497 e. The van der Waals surface area contributed by atoms with Crippen LogP contribution >= 0.6 is 0 Å². The molecule has 0 radical (unpaired) electrons. The van der Waals surface area contributed by atoms with E-state index in [-0.39, 0.29) is 38.1 Å². The van der Waals surface area contributed by atoms with E-state index in [2.05, 4.69) is 0 Å². The number of benzene rings is 3. The van der Waals surface area contributed by atoms with Crippen molar-refractivity contribution in [3.8, 4) is 5.75 Å². The van der Waals surface area contributed by atoms with Gasteiger partial charge >= 0.3 is 6.09 Å². The number of aliphatic hydroxyl groups is 2. The van der Waals surface area contributed by atoms with Crippen LogP contribution in [0.3, 0.4) is 0 Å². The minimum absolute atomic E-state index is 0.0486. The molecule has 2 atom stereocenters. The normalized spacial score (nSPS) is 18.5. The van der Waals surface area contributed by atoms with Crippen molar-refractivity contribution in [2.45, 2.75) is 32.0 Å². The number of anilines is 2. The van der Waals surface area contributed by atoms with Gasteiger partial charge in [-0.25, -0.2) is 4.79 Å². The Morgan fingerprint density at radius 2 is 1.84 bits per heavy atom. The zero-order valence-corrected chi connectivity index (χ0v) is 24.9. The van der Waals surface area contributed by atoms with Crippen molar-refractivity contribution >= 4 is 29.3 Å². The van der Waals surface area contributed by atoms with Crippen molar-refractivity contribution in [2.24, 2.45) is 5.92 Å². The number of carbonyl (C=O) groups excluding carboxylic acids is 3. The van der Waals surface area contributed by atoms with E-state index in [4.69, 9.17) is 9.47 Å². The molecule has 1 saturated heterocycles. The first-order chi connectivity index (χ1) is 21.3. The van der Waals surface area contributed by atoms with Gasteiger partial charge in [0.1, 0.15) is 12.4 Å². The molecule has 10 nitrogen and oxygen atoms in total. The third kappa shape index (κ3) is 6.17. The second-order valence-corrected chi connectivity index (χ2v) is 10.9. The van der Waals surface area contributed by atoms with Gasteiger partial charge in [-0.3, -0.25) is 14.5 Å². The number of methoxy groups -OCH3 is 1. The van der Waals surface area contributed by atoms with Crippen molar-refractivity contribution in [3.05, 3.63) is 102 Å². The van der Waals surface area contributed by atoms with Crippen LogP contribution in [0.15, 0.2) is 84.9 Å². The van der Waals surface area contributed by atoms with Gasteiger partial charge in [-0.2, -0.15) is 0 Å². The van der Waals surface area contributed by atoms with E-state index in [0.717, 1.165) is 11.1 Å². The number of aliphatic hydroxyl groups excluding tert-OH is 1. The standard InChI is InChI=1S/C34H37N3O7/c1-24(7-6-10-31(39)35(17-19-38)22-25-8-4-3-5-9-25)34(42)29-21-28(43-2)15-16-30(29)37(32(34)40)23-26-11-13-27(14-12-26)36-18-20-44-33(36)41/h3-9,11-16,21,24,38,42H,10,17-20,22-23H2,1-2H3/b7-6+/t24-,34+/m1/s1. The van der Waals surface area contributed by atoms with Crippen LogP contribution in [-0.2, 0) is 33.0 Å². The first-order valence-electron chi connectivity index (χ1n) is 14.6. The van der Waals surface area contributed by atoms with Crippen molar-refractivity contribution in [1.82, 2.24) is 4.90 Å². The van der Waals surface area contributed by atoms with Crippen LogP contribution in [0.25, 0.3) is 0 Å². The lowest BCUT2D eigenvalue weighted by atomic mass is 9.83. The molecule has 2 aliphatic rings. The summed E-state index contributed by atoms with van der Waals surface area (Å²) in [5.74, 6) is -0.832. The van der Waals surface area contributed by atoms with Gasteiger partial charge in [-0.1, -0.05) is 61.5 Å². The maximum atomic E-state index is 14.0. The topological polar surface area (TPSA) is 120 Å². The zero-order valence-electron chi connectivity index (χ0n) is 24.9. The molecular formula is C34H37N3O7. The summed E-state index contributed by atoms with van der Waals surface area (Å²) in [4.78, 5) is 43.6. The molecule has 5 rings (SSSR count). The second kappa shape index (κ2) is 13.3. The van der Waals surface area contributed by atoms with Crippen molar-refractivity contribution in [3.63, 3.8) is 0 Å². The van der Waals surface area contributed by atoms with Gasteiger partial charge in [0.05, 0.1) is 32.5 Å². The Labute approximate surface area is 256 Å². The highest BCUT2D eigenvalue weighted by atomic mass is 16.6. The number of rotatable bonds is 12. The summed E-state index contributed by atoms with van der Waals surface area (Å²) in [6.45, 7) is 3.18. The third-order valence-electron chi connectivity index (χ3n) is 8.14. The van der Waals surface area contributed by atoms with E-state index >= 15 is 0 Å². The van der Waals surface area contributed by atoms with E-state index in [1.165, 1.54) is 7.11 Å². The molecule has 2 heterocycles. The fourth-order valence-electron chi connectivity index (χ4n) is 5.66. The highest BCUT2D eigenvalue weighted by Crippen LogP contribution is 2.47. The SMILES string of the molecule is COc1ccc2c(c1)[C@@](O)([C@H](C)/C=C/CC(=O)N(CCO)Cc1ccccc1)C(=O)N2Cc1ccc(N2CCOC2=O)cc1. The predicted molar refractivity (Wildman–Crippen MR) is 165 cm³/mol. The van der Waals surface area contributed by atoms with Crippen LogP contribution in [0.4, 0.5) is 16.2 Å². The van der Waals surface area contributed by atoms with E-state index in [1.54, 1.807) is 52.0 Å². The molecule has 3 aromatic carbocycles. The highest BCUT2D eigenvalue weighted by Gasteiger charge is 2.52. The van der Waals surface area contributed by atoms with Gasteiger partial charge in [-0.05, 0) is 41.5 Å². The molecule has 0 bridgehead atoms. The van der Waals surface area contributed by atoms with Crippen LogP contribution in [0, 0.1) is 5.92 Å². The van der Waals surface area contributed by atoms with Gasteiger partial charge in [0.2, 0.25) is 5.91 Å². The summed E-state index contributed by atoms with van der Waals surface area (Å²) < 4.78 is 10.4. The van der Waals surface area contributed by atoms with Gasteiger partial charge in [-0.15, -0.1) is 0 Å². The predicted octanol–water partition coefficient (Wildman–Crippen LogP) is 3.99. The van der Waals surface area contributed by atoms with E-state index in [1.807, 2.05) is 54.6 Å². The number of nitrogens with zero attached hydrogens (tertiary/aromatic N) is 3. The Morgan fingerprint density at radius 1 is 1.09 bits per heavy atom. The van der Waals surface area contributed by atoms with Crippen LogP contribution in [0.1, 0.15) is 30.0 Å². The number of ether oxygens (including phenoxy) is 2. The average Bonchev–Trinajstić information content (AvgIpc) is 3.56. The summed E-state index contributed by atoms with van der Waals surface area (Å²) >= 11 is 0. The first kappa shape index (κ1) is 30.8. The monoisotopic (exact) mass is 599 g/mol. The summed E-state index contributed by atoms with van der Waals surface area (Å²) in [6.07, 6.45) is 3.01. The molecule has 3 amide bonds. The van der Waals surface area contributed by atoms with E-state index < -0.39 is 17.4 Å². The summed E-state index contributed by atoms with van der Waals surface area (Å²) in [7, 11) is 1.52. The molecule has 0 aliphatic carbocycles. The Morgan fingerprint density at radius 3 is 2.50 bits per heavy atom. The lowest BCUT2D eigenvalue weighted by Gasteiger charge is -2.28. The molecule has 0 aromatic heterocycles. The Balaban J connectivity index is 1.33. The Bertz CT molecular complexity index is 1530. The molecule has 2 aliphatic heterocycles. The molecule has 0 spiro atoms. The fraction of sp³-hybridized carbons (Fsp3) is 0.324. The average molecular weight is 600 g/mol. The molecule has 2 N–H and O–H groups in total. The molecule has 0 unspecified atom stereocenters. The summed E-state index contributed by atoms with van der Waals surface area (Å²) in [6, 6.07) is 22.0. The second-order valence-electron chi connectivity index (χ2n) is 10.9. The van der Waals surface area contributed by atoms with Gasteiger partial charge < -0.3 is 29.5 Å². The summed E-state index contributed by atoms with van der Waals surface area (Å²) in [5.41, 5.74) is 1.58. The molecule has 230 valence electrons. The number of hydrogen-bond acceptors (Lipinski definition) is 7. The molecule has 1 fully saturated rings. The quantitative estimate of drug-likeness (QED) is 0.302. The highest BCUT2D eigenvalue weighted by molar-refractivity contribution is 6.07. The third-order valence-corrected chi connectivity index (χ3v) is 8.14. The maximum absolute atomic E-state index is 14.0. The van der Waals surface area contributed by atoms with Crippen LogP contribution in [-0.4, -0.2) is 66.4 Å². The van der Waals surface area contributed by atoms with E-state index in [9.17, 15) is 24.6 Å². The number of fused-ring (bicyclic) bond motifs is 1. The van der Waals surface area contributed by atoms with Crippen LogP contribution in [0.5, 0.6) is 5.75 Å². The number of amides is 3. The minimum atomic E-state index is -1.89. The lowest BCUT2D eigenvalue weighted by Crippen LogP contribution is -2.44. The molecule has 10 heteroatoms. The van der Waals surface area contributed by atoms with E-state index in [0.29, 0.717) is 42.4 Å². The van der Waals surface area contributed by atoms with Gasteiger partial charge in [0, 0.05) is 36.7 Å². The Hall–Kier alpha value is -4.67. The van der Waals surface area contributed by atoms with Crippen LogP contribution in [0.2, 0.25) is 0 Å². The number of cyclic esters (lactones) is 1. The maximum Gasteiger partial charge on any atom is 0.414 e. The zero-order chi connectivity index (χ0) is 31.3. The van der Waals surface area contributed by atoms with Crippen LogP contribution < -0.4 is 14.5 Å². The van der Waals surface area contributed by atoms with Crippen molar-refractivity contribution < 1.29 is 34.1 Å².